The van der Waals surface area contributed by atoms with Crippen molar-refractivity contribution in [3.63, 3.8) is 0 Å². The first kappa shape index (κ1) is 11.0. The summed E-state index contributed by atoms with van der Waals surface area (Å²) in [6.45, 7) is 13.3. The maximum atomic E-state index is 5.71. The first-order valence-electron chi connectivity index (χ1n) is 5.36. The summed E-state index contributed by atoms with van der Waals surface area (Å²) in [7, 11) is 0. The first-order valence-corrected chi connectivity index (χ1v) is 5.36. The van der Waals surface area contributed by atoms with Crippen LogP contribution >= 0.6 is 0 Å². The Morgan fingerprint density at radius 1 is 1.38 bits per heavy atom. The van der Waals surface area contributed by atoms with Gasteiger partial charge in [-0.05, 0) is 34.1 Å². The molecule has 0 aromatic heterocycles. The van der Waals surface area contributed by atoms with Gasteiger partial charge in [0.25, 0.3) is 0 Å². The highest BCUT2D eigenvalue weighted by Gasteiger charge is 2.36. The molecule has 0 amide bonds. The molecule has 0 radical (unpaired) electrons. The number of hydrogen-bond donors (Lipinski definition) is 0. The van der Waals surface area contributed by atoms with Gasteiger partial charge in [0.1, 0.15) is 0 Å². The number of rotatable bonds is 4. The lowest BCUT2D eigenvalue weighted by molar-refractivity contribution is -0.113. The summed E-state index contributed by atoms with van der Waals surface area (Å²) in [6.07, 6.45) is 2.06. The predicted octanol–water partition coefficient (Wildman–Crippen LogP) is 2.28. The molecule has 1 aliphatic rings. The van der Waals surface area contributed by atoms with Gasteiger partial charge in [-0.15, -0.1) is 0 Å². The smallest absolute Gasteiger partial charge is 0.0832 e. The van der Waals surface area contributed by atoms with Gasteiger partial charge in [0.15, 0.2) is 0 Å². The van der Waals surface area contributed by atoms with Crippen LogP contribution in [-0.4, -0.2) is 35.7 Å². The molecule has 1 saturated heterocycles. The summed E-state index contributed by atoms with van der Waals surface area (Å²) in [6, 6.07) is 0. The molecule has 0 bridgehead atoms. The fourth-order valence-electron chi connectivity index (χ4n) is 1.63. The van der Waals surface area contributed by atoms with Crippen LogP contribution in [0, 0.1) is 0 Å². The lowest BCUT2D eigenvalue weighted by Gasteiger charge is -2.49. The Morgan fingerprint density at radius 3 is 2.31 bits per heavy atom. The average molecular weight is 185 g/mol. The topological polar surface area (TPSA) is 12.5 Å². The number of nitrogens with zero attached hydrogens (tertiary/aromatic N) is 1. The van der Waals surface area contributed by atoms with Crippen LogP contribution in [0.4, 0.5) is 0 Å². The minimum absolute atomic E-state index is 0.358. The predicted molar refractivity (Wildman–Crippen MR) is 56.0 cm³/mol. The second-order valence-electron chi connectivity index (χ2n) is 4.88. The lowest BCUT2D eigenvalue weighted by atomic mass is 9.94. The van der Waals surface area contributed by atoms with E-state index in [4.69, 9.17) is 4.74 Å². The number of hydrogen-bond acceptors (Lipinski definition) is 2. The Labute approximate surface area is 82.3 Å². The molecule has 0 saturated carbocycles. The van der Waals surface area contributed by atoms with Crippen LogP contribution in [0.2, 0.25) is 0 Å². The SMILES string of the molecule is CCC(C)(C)N1CC(OC(C)C)C1. The van der Waals surface area contributed by atoms with Crippen molar-refractivity contribution in [1.82, 2.24) is 4.90 Å². The van der Waals surface area contributed by atoms with E-state index in [9.17, 15) is 0 Å². The Kier molecular flexibility index (Phi) is 3.36. The molecule has 0 atom stereocenters. The van der Waals surface area contributed by atoms with Crippen molar-refractivity contribution in [2.75, 3.05) is 13.1 Å². The van der Waals surface area contributed by atoms with Crippen LogP contribution in [0.25, 0.3) is 0 Å². The van der Waals surface area contributed by atoms with E-state index >= 15 is 0 Å². The standard InChI is InChI=1S/C11H23NO/c1-6-11(4,5)12-7-10(8-12)13-9(2)3/h9-10H,6-8H2,1-5H3. The molecule has 0 N–H and O–H groups in total. The van der Waals surface area contributed by atoms with Gasteiger partial charge in [0.2, 0.25) is 0 Å². The third-order valence-corrected chi connectivity index (χ3v) is 3.03. The van der Waals surface area contributed by atoms with Crippen molar-refractivity contribution in [2.45, 2.75) is 58.8 Å². The van der Waals surface area contributed by atoms with Crippen molar-refractivity contribution < 1.29 is 4.74 Å². The highest BCUT2D eigenvalue weighted by molar-refractivity contribution is 4.91. The quantitative estimate of drug-likeness (QED) is 0.666. The molecular weight excluding hydrogens is 162 g/mol. The van der Waals surface area contributed by atoms with E-state index in [1.165, 1.54) is 6.42 Å². The van der Waals surface area contributed by atoms with E-state index in [0.717, 1.165) is 13.1 Å². The van der Waals surface area contributed by atoms with Crippen LogP contribution in [0.3, 0.4) is 0 Å². The van der Waals surface area contributed by atoms with Gasteiger partial charge in [-0.1, -0.05) is 6.92 Å². The second-order valence-corrected chi connectivity index (χ2v) is 4.88. The van der Waals surface area contributed by atoms with Crippen LogP contribution in [0.1, 0.15) is 41.0 Å². The molecule has 1 fully saturated rings. The van der Waals surface area contributed by atoms with Crippen LogP contribution < -0.4 is 0 Å². The van der Waals surface area contributed by atoms with Crippen molar-refractivity contribution in [3.8, 4) is 0 Å². The third-order valence-electron chi connectivity index (χ3n) is 3.03. The molecule has 0 unspecified atom stereocenters. The molecule has 2 heteroatoms. The molecule has 0 aromatic carbocycles. The average Bonchev–Trinajstić information content (AvgIpc) is 1.95. The Morgan fingerprint density at radius 2 is 1.92 bits per heavy atom. The van der Waals surface area contributed by atoms with E-state index < -0.39 is 0 Å². The third kappa shape index (κ3) is 2.68. The molecule has 2 nitrogen and oxygen atoms in total. The Hall–Kier alpha value is -0.0800. The van der Waals surface area contributed by atoms with Gasteiger partial charge in [0.05, 0.1) is 12.2 Å². The van der Waals surface area contributed by atoms with Gasteiger partial charge in [-0.25, -0.2) is 0 Å². The van der Waals surface area contributed by atoms with Gasteiger partial charge in [-0.2, -0.15) is 0 Å². The lowest BCUT2D eigenvalue weighted by Crippen LogP contribution is -2.60. The summed E-state index contributed by atoms with van der Waals surface area (Å²) in [5.41, 5.74) is 0.358. The minimum Gasteiger partial charge on any atom is -0.373 e. The fraction of sp³-hybridized carbons (Fsp3) is 1.00. The normalized spacial score (nSPS) is 20.8. The maximum absolute atomic E-state index is 5.71. The van der Waals surface area contributed by atoms with E-state index in [1.807, 2.05) is 0 Å². The molecule has 78 valence electrons. The van der Waals surface area contributed by atoms with E-state index in [-0.39, 0.29) is 0 Å². The van der Waals surface area contributed by atoms with Gasteiger partial charge >= 0.3 is 0 Å². The zero-order valence-corrected chi connectivity index (χ0v) is 9.63. The molecular formula is C11H23NO. The van der Waals surface area contributed by atoms with Crippen molar-refractivity contribution in [1.29, 1.82) is 0 Å². The Balaban J connectivity index is 2.25. The molecule has 13 heavy (non-hydrogen) atoms. The largest absolute Gasteiger partial charge is 0.373 e. The van der Waals surface area contributed by atoms with Gasteiger partial charge in [0, 0.05) is 18.6 Å². The van der Waals surface area contributed by atoms with E-state index in [2.05, 4.69) is 39.5 Å². The zero-order chi connectivity index (χ0) is 10.1. The van der Waals surface area contributed by atoms with Crippen molar-refractivity contribution >= 4 is 0 Å². The highest BCUT2D eigenvalue weighted by atomic mass is 16.5. The summed E-state index contributed by atoms with van der Waals surface area (Å²) < 4.78 is 5.71. The van der Waals surface area contributed by atoms with Crippen LogP contribution in [0.15, 0.2) is 0 Å². The maximum Gasteiger partial charge on any atom is 0.0832 e. The zero-order valence-electron chi connectivity index (χ0n) is 9.63. The van der Waals surface area contributed by atoms with Gasteiger partial charge in [-0.3, -0.25) is 4.90 Å². The molecule has 1 aliphatic heterocycles. The highest BCUT2D eigenvalue weighted by Crippen LogP contribution is 2.26. The summed E-state index contributed by atoms with van der Waals surface area (Å²) in [4.78, 5) is 2.50. The Bertz CT molecular complexity index is 159. The van der Waals surface area contributed by atoms with E-state index in [0.29, 0.717) is 17.7 Å². The van der Waals surface area contributed by atoms with E-state index in [1.54, 1.807) is 0 Å². The van der Waals surface area contributed by atoms with Gasteiger partial charge < -0.3 is 4.74 Å². The molecule has 1 rings (SSSR count). The monoisotopic (exact) mass is 185 g/mol. The first-order chi connectivity index (χ1) is 5.95. The van der Waals surface area contributed by atoms with Crippen molar-refractivity contribution in [3.05, 3.63) is 0 Å². The number of ether oxygens (including phenoxy) is 1. The van der Waals surface area contributed by atoms with Crippen LogP contribution in [0.5, 0.6) is 0 Å². The molecule has 0 spiro atoms. The minimum atomic E-state index is 0.358. The summed E-state index contributed by atoms with van der Waals surface area (Å²) in [5, 5.41) is 0. The fourth-order valence-corrected chi connectivity index (χ4v) is 1.63. The molecule has 0 aromatic rings. The summed E-state index contributed by atoms with van der Waals surface area (Å²) in [5.74, 6) is 0. The van der Waals surface area contributed by atoms with Crippen LogP contribution in [-0.2, 0) is 4.74 Å². The molecule has 1 heterocycles. The molecule has 0 aliphatic carbocycles. The second kappa shape index (κ2) is 3.97. The van der Waals surface area contributed by atoms with Crippen molar-refractivity contribution in [2.24, 2.45) is 0 Å². The summed E-state index contributed by atoms with van der Waals surface area (Å²) >= 11 is 0. The number of likely N-dealkylation sites (tertiary alicyclic amines) is 1.